The van der Waals surface area contributed by atoms with Gasteiger partial charge in [0.25, 0.3) is 0 Å². The van der Waals surface area contributed by atoms with Gasteiger partial charge in [-0.2, -0.15) is 0 Å². The summed E-state index contributed by atoms with van der Waals surface area (Å²) in [4.78, 5) is 1.34. The van der Waals surface area contributed by atoms with Crippen LogP contribution in [0.2, 0.25) is 0 Å². The van der Waals surface area contributed by atoms with Crippen molar-refractivity contribution in [2.75, 3.05) is 0 Å². The van der Waals surface area contributed by atoms with E-state index in [4.69, 9.17) is 5.73 Å². The molecule has 0 spiro atoms. The first-order chi connectivity index (χ1) is 8.06. The standard InChI is InChI=1S/C13H17BrN2S/c1-9(2)13(15)10-5-6-16(7-10)8-11-3-4-12(14)17-11/h3-7,9,13H,8,15H2,1-2H3. The summed E-state index contributed by atoms with van der Waals surface area (Å²) in [5, 5.41) is 0. The van der Waals surface area contributed by atoms with Crippen LogP contribution in [0.4, 0.5) is 0 Å². The van der Waals surface area contributed by atoms with Gasteiger partial charge in [-0.25, -0.2) is 0 Å². The molecule has 1 atom stereocenters. The van der Waals surface area contributed by atoms with Crippen LogP contribution in [0.3, 0.4) is 0 Å². The van der Waals surface area contributed by atoms with E-state index in [0.717, 1.165) is 6.54 Å². The molecule has 0 aromatic carbocycles. The summed E-state index contributed by atoms with van der Waals surface area (Å²) in [5.41, 5.74) is 7.35. The monoisotopic (exact) mass is 312 g/mol. The molecule has 92 valence electrons. The number of nitrogens with zero attached hydrogens (tertiary/aromatic N) is 1. The lowest BCUT2D eigenvalue weighted by Gasteiger charge is -2.13. The average molecular weight is 313 g/mol. The Morgan fingerprint density at radius 1 is 1.35 bits per heavy atom. The van der Waals surface area contributed by atoms with Crippen molar-refractivity contribution in [1.29, 1.82) is 0 Å². The third-order valence-electron chi connectivity index (χ3n) is 2.84. The molecule has 0 bridgehead atoms. The smallest absolute Gasteiger partial charge is 0.0702 e. The zero-order valence-corrected chi connectivity index (χ0v) is 12.5. The maximum Gasteiger partial charge on any atom is 0.0702 e. The van der Waals surface area contributed by atoms with Crippen molar-refractivity contribution in [1.82, 2.24) is 4.57 Å². The Morgan fingerprint density at radius 2 is 2.12 bits per heavy atom. The van der Waals surface area contributed by atoms with Gasteiger partial charge < -0.3 is 10.3 Å². The predicted octanol–water partition coefficient (Wildman–Crippen LogP) is 4.02. The van der Waals surface area contributed by atoms with E-state index in [-0.39, 0.29) is 6.04 Å². The molecule has 1 unspecified atom stereocenters. The van der Waals surface area contributed by atoms with Crippen LogP contribution in [-0.4, -0.2) is 4.57 Å². The van der Waals surface area contributed by atoms with Gasteiger partial charge in [0.2, 0.25) is 0 Å². The third kappa shape index (κ3) is 3.21. The number of hydrogen-bond acceptors (Lipinski definition) is 2. The summed E-state index contributed by atoms with van der Waals surface area (Å²) < 4.78 is 3.37. The Kier molecular flexibility index (Phi) is 4.07. The molecule has 0 aliphatic rings. The summed E-state index contributed by atoms with van der Waals surface area (Å²) in [5.74, 6) is 0.474. The molecular weight excluding hydrogens is 296 g/mol. The summed E-state index contributed by atoms with van der Waals surface area (Å²) in [7, 11) is 0. The van der Waals surface area contributed by atoms with Crippen LogP contribution in [-0.2, 0) is 6.54 Å². The second kappa shape index (κ2) is 5.38. The van der Waals surface area contributed by atoms with Crippen LogP contribution in [0.1, 0.15) is 30.3 Å². The summed E-state index contributed by atoms with van der Waals surface area (Å²) in [6.45, 7) is 5.22. The molecule has 2 heterocycles. The fraction of sp³-hybridized carbons (Fsp3) is 0.385. The highest BCUT2D eigenvalue weighted by Crippen LogP contribution is 2.24. The quantitative estimate of drug-likeness (QED) is 0.908. The van der Waals surface area contributed by atoms with E-state index >= 15 is 0 Å². The zero-order chi connectivity index (χ0) is 12.4. The van der Waals surface area contributed by atoms with E-state index in [2.05, 4.69) is 64.9 Å². The van der Waals surface area contributed by atoms with Crippen molar-refractivity contribution in [2.24, 2.45) is 11.7 Å². The van der Waals surface area contributed by atoms with Crippen LogP contribution < -0.4 is 5.73 Å². The molecule has 2 N–H and O–H groups in total. The first kappa shape index (κ1) is 12.9. The highest BCUT2D eigenvalue weighted by Gasteiger charge is 2.11. The van der Waals surface area contributed by atoms with Crippen molar-refractivity contribution >= 4 is 27.3 Å². The van der Waals surface area contributed by atoms with Gasteiger partial charge >= 0.3 is 0 Å². The van der Waals surface area contributed by atoms with Crippen LogP contribution >= 0.6 is 27.3 Å². The number of hydrogen-bond donors (Lipinski definition) is 1. The maximum atomic E-state index is 6.13. The molecule has 0 saturated carbocycles. The zero-order valence-electron chi connectivity index (χ0n) is 10.1. The lowest BCUT2D eigenvalue weighted by atomic mass is 10.00. The Labute approximate surface area is 115 Å². The van der Waals surface area contributed by atoms with E-state index < -0.39 is 0 Å². The minimum absolute atomic E-state index is 0.131. The minimum atomic E-state index is 0.131. The highest BCUT2D eigenvalue weighted by atomic mass is 79.9. The minimum Gasteiger partial charge on any atom is -0.349 e. The van der Waals surface area contributed by atoms with Gasteiger partial charge in [-0.05, 0) is 45.6 Å². The van der Waals surface area contributed by atoms with Gasteiger partial charge in [0.05, 0.1) is 10.3 Å². The molecule has 2 aromatic heterocycles. The second-order valence-electron chi connectivity index (χ2n) is 4.59. The van der Waals surface area contributed by atoms with Crippen molar-refractivity contribution in [3.8, 4) is 0 Å². The molecule has 0 saturated heterocycles. The molecule has 0 amide bonds. The van der Waals surface area contributed by atoms with Gasteiger partial charge in [-0.15, -0.1) is 11.3 Å². The van der Waals surface area contributed by atoms with Gasteiger partial charge in [0.15, 0.2) is 0 Å². The van der Waals surface area contributed by atoms with Crippen LogP contribution in [0.5, 0.6) is 0 Å². The molecule has 0 fully saturated rings. The number of halogens is 1. The normalized spacial score (nSPS) is 13.2. The fourth-order valence-corrected chi connectivity index (χ4v) is 3.25. The van der Waals surface area contributed by atoms with Crippen molar-refractivity contribution < 1.29 is 0 Å². The molecule has 2 aromatic rings. The summed E-state index contributed by atoms with van der Waals surface area (Å²) >= 11 is 5.25. The first-order valence-electron chi connectivity index (χ1n) is 5.71. The molecule has 2 nitrogen and oxygen atoms in total. The maximum absolute atomic E-state index is 6.13. The van der Waals surface area contributed by atoms with E-state index in [1.807, 2.05) is 0 Å². The highest BCUT2D eigenvalue weighted by molar-refractivity contribution is 9.11. The third-order valence-corrected chi connectivity index (χ3v) is 4.45. The van der Waals surface area contributed by atoms with E-state index in [1.165, 1.54) is 14.2 Å². The lowest BCUT2D eigenvalue weighted by molar-refractivity contribution is 0.513. The molecule has 0 aliphatic carbocycles. The Morgan fingerprint density at radius 3 is 2.71 bits per heavy atom. The number of aromatic nitrogens is 1. The van der Waals surface area contributed by atoms with Gasteiger partial charge in [-0.1, -0.05) is 13.8 Å². The number of nitrogens with two attached hydrogens (primary N) is 1. The molecule has 17 heavy (non-hydrogen) atoms. The Bertz CT molecular complexity index is 487. The fourth-order valence-electron chi connectivity index (χ4n) is 1.76. The molecule has 4 heteroatoms. The second-order valence-corrected chi connectivity index (χ2v) is 7.14. The number of rotatable bonds is 4. The molecular formula is C13H17BrN2S. The van der Waals surface area contributed by atoms with Crippen molar-refractivity contribution in [3.63, 3.8) is 0 Å². The van der Waals surface area contributed by atoms with E-state index in [9.17, 15) is 0 Å². The summed E-state index contributed by atoms with van der Waals surface area (Å²) in [6, 6.07) is 6.49. The van der Waals surface area contributed by atoms with Gasteiger partial charge in [-0.3, -0.25) is 0 Å². The van der Waals surface area contributed by atoms with Gasteiger partial charge in [0, 0.05) is 23.3 Å². The predicted molar refractivity (Wildman–Crippen MR) is 77.3 cm³/mol. The van der Waals surface area contributed by atoms with Gasteiger partial charge in [0.1, 0.15) is 0 Å². The Hall–Kier alpha value is -0.580. The summed E-state index contributed by atoms with van der Waals surface area (Å²) in [6.07, 6.45) is 4.25. The molecule has 2 rings (SSSR count). The van der Waals surface area contributed by atoms with E-state index in [1.54, 1.807) is 11.3 Å². The topological polar surface area (TPSA) is 30.9 Å². The van der Waals surface area contributed by atoms with Crippen LogP contribution in [0.25, 0.3) is 0 Å². The van der Waals surface area contributed by atoms with Crippen LogP contribution in [0, 0.1) is 5.92 Å². The van der Waals surface area contributed by atoms with Crippen molar-refractivity contribution in [2.45, 2.75) is 26.4 Å². The Balaban J connectivity index is 2.08. The average Bonchev–Trinajstić information content (AvgIpc) is 2.87. The first-order valence-corrected chi connectivity index (χ1v) is 7.32. The number of thiophene rings is 1. The largest absolute Gasteiger partial charge is 0.349 e. The van der Waals surface area contributed by atoms with E-state index in [0.29, 0.717) is 5.92 Å². The molecule has 0 radical (unpaired) electrons. The van der Waals surface area contributed by atoms with Crippen LogP contribution in [0.15, 0.2) is 34.4 Å². The SMILES string of the molecule is CC(C)C(N)c1ccn(Cc2ccc(Br)s2)c1. The lowest BCUT2D eigenvalue weighted by Crippen LogP contribution is -2.15. The van der Waals surface area contributed by atoms with Crippen molar-refractivity contribution in [3.05, 3.63) is 44.8 Å². The molecule has 0 aliphatic heterocycles.